The molecule has 0 unspecified atom stereocenters. The van der Waals surface area contributed by atoms with Gasteiger partial charge in [-0.1, -0.05) is 15.9 Å². The van der Waals surface area contributed by atoms with Crippen molar-refractivity contribution in [2.75, 3.05) is 5.33 Å². The molecule has 0 amide bonds. The molecule has 0 rings (SSSR count). The van der Waals surface area contributed by atoms with Crippen LogP contribution in [-0.2, 0) is 4.79 Å². The fourth-order valence-electron chi connectivity index (χ4n) is 0.350. The van der Waals surface area contributed by atoms with Crippen molar-refractivity contribution in [3.05, 3.63) is 0 Å². The van der Waals surface area contributed by atoms with Gasteiger partial charge in [0.2, 0.25) is 0 Å². The molecule has 0 aliphatic carbocycles. The van der Waals surface area contributed by atoms with Crippen LogP contribution in [-0.4, -0.2) is 17.5 Å². The number of ketones is 1. The predicted octanol–water partition coefficient (Wildman–Crippen LogP) is 2.00. The zero-order chi connectivity index (χ0) is 7.28. The fraction of sp³-hybridized carbons (Fsp3) is 0.800. The molecule has 54 valence electrons. The number of alkyl halides is 3. The average molecular weight is 201 g/mol. The molecule has 0 N–H and O–H groups in total. The van der Waals surface area contributed by atoms with Crippen LogP contribution >= 0.6 is 15.9 Å². The van der Waals surface area contributed by atoms with Crippen LogP contribution in [0.5, 0.6) is 0 Å². The van der Waals surface area contributed by atoms with Crippen LogP contribution in [0.4, 0.5) is 8.78 Å². The molecule has 0 aliphatic heterocycles. The highest BCUT2D eigenvalue weighted by molar-refractivity contribution is 9.09. The predicted molar refractivity (Wildman–Crippen MR) is 34.0 cm³/mol. The monoisotopic (exact) mass is 200 g/mol. The zero-order valence-corrected chi connectivity index (χ0v) is 6.33. The largest absolute Gasteiger partial charge is 0.295 e. The van der Waals surface area contributed by atoms with Crippen molar-refractivity contribution in [3.8, 4) is 0 Å². The number of hydrogen-bond donors (Lipinski definition) is 0. The van der Waals surface area contributed by atoms with E-state index in [-0.39, 0.29) is 6.42 Å². The van der Waals surface area contributed by atoms with Gasteiger partial charge in [0, 0.05) is 11.8 Å². The summed E-state index contributed by atoms with van der Waals surface area (Å²) in [5.41, 5.74) is 0. The molecule has 0 saturated heterocycles. The highest BCUT2D eigenvalue weighted by atomic mass is 79.9. The minimum absolute atomic E-state index is 0.0249. The van der Waals surface area contributed by atoms with Gasteiger partial charge in [0.1, 0.15) is 0 Å². The molecular formula is C5H7BrF2O. The number of rotatable bonds is 4. The summed E-state index contributed by atoms with van der Waals surface area (Å²) in [4.78, 5) is 10.1. The Labute approximate surface area is 60.6 Å². The molecule has 0 radical (unpaired) electrons. The molecule has 1 nitrogen and oxygen atoms in total. The number of halogens is 3. The number of carbonyl (C=O) groups excluding carboxylic acids is 1. The first-order chi connectivity index (χ1) is 4.18. The molecular weight excluding hydrogens is 194 g/mol. The third kappa shape index (κ3) is 4.51. The van der Waals surface area contributed by atoms with E-state index in [4.69, 9.17) is 0 Å². The number of hydrogen-bond acceptors (Lipinski definition) is 1. The van der Waals surface area contributed by atoms with Gasteiger partial charge in [-0.3, -0.25) is 4.79 Å². The smallest absolute Gasteiger partial charge is 0.293 e. The maximum atomic E-state index is 11.4. The quantitative estimate of drug-likeness (QED) is 0.635. The Morgan fingerprint density at radius 2 is 2.11 bits per heavy atom. The SMILES string of the molecule is O=C(CCCBr)C(F)F. The summed E-state index contributed by atoms with van der Waals surface area (Å²) in [6.07, 6.45) is -2.32. The van der Waals surface area contributed by atoms with Gasteiger partial charge in [-0.2, -0.15) is 0 Å². The lowest BCUT2D eigenvalue weighted by atomic mass is 10.2. The van der Waals surface area contributed by atoms with Gasteiger partial charge in [-0.05, 0) is 6.42 Å². The Kier molecular flexibility index (Phi) is 4.85. The van der Waals surface area contributed by atoms with Gasteiger partial charge in [0.25, 0.3) is 6.43 Å². The summed E-state index contributed by atoms with van der Waals surface area (Å²) in [6.45, 7) is 0. The average Bonchev–Trinajstić information content (AvgIpc) is 1.82. The van der Waals surface area contributed by atoms with E-state index in [2.05, 4.69) is 15.9 Å². The minimum Gasteiger partial charge on any atom is -0.293 e. The lowest BCUT2D eigenvalue weighted by Gasteiger charge is -1.94. The van der Waals surface area contributed by atoms with Gasteiger partial charge in [-0.15, -0.1) is 0 Å². The van der Waals surface area contributed by atoms with Gasteiger partial charge in [0.05, 0.1) is 0 Å². The third-order valence-corrected chi connectivity index (χ3v) is 1.36. The first-order valence-electron chi connectivity index (χ1n) is 2.55. The van der Waals surface area contributed by atoms with Gasteiger partial charge < -0.3 is 0 Å². The van der Waals surface area contributed by atoms with E-state index >= 15 is 0 Å². The summed E-state index contributed by atoms with van der Waals surface area (Å²) in [5, 5.41) is 0.603. The number of Topliss-reactive ketones (excluding diaryl/α,β-unsaturated/α-hetero) is 1. The first kappa shape index (κ1) is 9.01. The Balaban J connectivity index is 3.28. The van der Waals surface area contributed by atoms with Crippen molar-refractivity contribution >= 4 is 21.7 Å². The molecule has 0 bridgehead atoms. The summed E-state index contributed by atoms with van der Waals surface area (Å²) < 4.78 is 22.8. The summed E-state index contributed by atoms with van der Waals surface area (Å²) in [5.74, 6) is -0.963. The van der Waals surface area contributed by atoms with Crippen LogP contribution in [0.1, 0.15) is 12.8 Å². The molecule has 0 aromatic carbocycles. The molecule has 0 heterocycles. The van der Waals surface area contributed by atoms with Crippen molar-refractivity contribution in [2.24, 2.45) is 0 Å². The van der Waals surface area contributed by atoms with E-state index in [9.17, 15) is 13.6 Å². The second-order valence-electron chi connectivity index (χ2n) is 1.56. The molecule has 9 heavy (non-hydrogen) atoms. The summed E-state index contributed by atoms with van der Waals surface area (Å²) in [6, 6.07) is 0. The Morgan fingerprint density at radius 3 is 2.44 bits per heavy atom. The van der Waals surface area contributed by atoms with E-state index < -0.39 is 12.2 Å². The second kappa shape index (κ2) is 4.85. The molecule has 0 aromatic heterocycles. The summed E-state index contributed by atoms with van der Waals surface area (Å²) >= 11 is 3.03. The normalized spacial score (nSPS) is 10.2. The van der Waals surface area contributed by atoms with Crippen LogP contribution in [0.2, 0.25) is 0 Å². The molecule has 0 spiro atoms. The van der Waals surface area contributed by atoms with E-state index in [1.807, 2.05) is 0 Å². The zero-order valence-electron chi connectivity index (χ0n) is 4.74. The highest BCUT2D eigenvalue weighted by Gasteiger charge is 2.13. The van der Waals surface area contributed by atoms with Crippen LogP contribution < -0.4 is 0 Å². The molecule has 0 aromatic rings. The minimum atomic E-state index is -2.79. The van der Waals surface area contributed by atoms with Crippen molar-refractivity contribution in [1.29, 1.82) is 0 Å². The Bertz CT molecular complexity index is 95.0. The van der Waals surface area contributed by atoms with Crippen molar-refractivity contribution in [1.82, 2.24) is 0 Å². The van der Waals surface area contributed by atoms with E-state index in [0.717, 1.165) is 0 Å². The van der Waals surface area contributed by atoms with Crippen molar-refractivity contribution in [2.45, 2.75) is 19.3 Å². The maximum Gasteiger partial charge on any atom is 0.295 e. The Hall–Kier alpha value is 0.01000. The topological polar surface area (TPSA) is 17.1 Å². The van der Waals surface area contributed by atoms with E-state index in [1.54, 1.807) is 0 Å². The highest BCUT2D eigenvalue weighted by Crippen LogP contribution is 2.02. The van der Waals surface area contributed by atoms with E-state index in [1.165, 1.54) is 0 Å². The summed E-state index contributed by atoms with van der Waals surface area (Å²) in [7, 11) is 0. The molecule has 4 heteroatoms. The van der Waals surface area contributed by atoms with Crippen molar-refractivity contribution < 1.29 is 13.6 Å². The molecule has 0 fully saturated rings. The van der Waals surface area contributed by atoms with Crippen LogP contribution in [0.25, 0.3) is 0 Å². The van der Waals surface area contributed by atoms with Crippen LogP contribution in [0.15, 0.2) is 0 Å². The van der Waals surface area contributed by atoms with E-state index in [0.29, 0.717) is 11.8 Å². The molecule has 0 aliphatic rings. The van der Waals surface area contributed by atoms with Gasteiger partial charge >= 0.3 is 0 Å². The molecule has 0 atom stereocenters. The van der Waals surface area contributed by atoms with Crippen molar-refractivity contribution in [3.63, 3.8) is 0 Å². The fourth-order valence-corrected chi connectivity index (χ4v) is 0.631. The van der Waals surface area contributed by atoms with Gasteiger partial charge in [0.15, 0.2) is 5.78 Å². The maximum absolute atomic E-state index is 11.4. The lowest BCUT2D eigenvalue weighted by Crippen LogP contribution is -2.09. The van der Waals surface area contributed by atoms with Crippen LogP contribution in [0.3, 0.4) is 0 Å². The third-order valence-electron chi connectivity index (χ3n) is 0.800. The molecule has 0 saturated carbocycles. The Morgan fingerprint density at radius 1 is 1.56 bits per heavy atom. The number of carbonyl (C=O) groups is 1. The lowest BCUT2D eigenvalue weighted by molar-refractivity contribution is -0.129. The van der Waals surface area contributed by atoms with Gasteiger partial charge in [-0.25, -0.2) is 8.78 Å². The standard InChI is InChI=1S/C5H7BrF2O/c6-3-1-2-4(9)5(7)8/h5H,1-3H2. The van der Waals surface area contributed by atoms with Crippen LogP contribution in [0, 0.1) is 0 Å². The second-order valence-corrected chi connectivity index (χ2v) is 2.35. The first-order valence-corrected chi connectivity index (χ1v) is 3.67.